The van der Waals surface area contributed by atoms with Gasteiger partial charge in [0.2, 0.25) is 0 Å². The molecule has 1 saturated heterocycles. The number of aliphatic carboxylic acids is 1. The number of amides is 1. The molecule has 2 heterocycles. The molecule has 0 radical (unpaired) electrons. The van der Waals surface area contributed by atoms with Crippen molar-refractivity contribution in [1.29, 1.82) is 0 Å². The first-order valence-corrected chi connectivity index (χ1v) is 8.28. The van der Waals surface area contributed by atoms with E-state index < -0.39 is 51.1 Å². The average Bonchev–Trinajstić information content (AvgIpc) is 2.36. The van der Waals surface area contributed by atoms with Crippen LogP contribution in [0.3, 0.4) is 0 Å². The molecular weight excluding hydrogens is 370 g/mol. The van der Waals surface area contributed by atoms with E-state index in [1.807, 2.05) is 0 Å². The quantitative estimate of drug-likeness (QED) is 0.408. The number of nitrogens with zero attached hydrogens (tertiary/aromatic N) is 1. The van der Waals surface area contributed by atoms with Crippen molar-refractivity contribution >= 4 is 43.6 Å². The highest BCUT2D eigenvalue weighted by Gasteiger charge is 2.56. The predicted octanol–water partition coefficient (Wildman–Crippen LogP) is -0.236. The summed E-state index contributed by atoms with van der Waals surface area (Å²) in [7, 11) is -3.79. The van der Waals surface area contributed by atoms with Gasteiger partial charge in [0.05, 0.1) is 11.3 Å². The molecule has 1 atom stereocenters. The van der Waals surface area contributed by atoms with Crippen molar-refractivity contribution < 1.29 is 32.6 Å². The van der Waals surface area contributed by atoms with Crippen LogP contribution in [0.2, 0.25) is 0 Å². The van der Waals surface area contributed by atoms with Crippen molar-refractivity contribution in [3.05, 3.63) is 21.8 Å². The lowest BCUT2D eigenvalue weighted by Crippen LogP contribution is -2.62. The lowest BCUT2D eigenvalue weighted by Gasteiger charge is -2.45. The van der Waals surface area contributed by atoms with E-state index in [4.69, 9.17) is 0 Å². The van der Waals surface area contributed by atoms with Crippen LogP contribution in [-0.2, 0) is 29.0 Å². The number of halogens is 1. The number of carboxylic acid groups (broad SMARTS) is 1. The normalized spacial score (nSPS) is 25.4. The van der Waals surface area contributed by atoms with Crippen molar-refractivity contribution in [2.75, 3.05) is 12.4 Å². The maximum Gasteiger partial charge on any atom is 0.352 e. The second kappa shape index (κ2) is 5.26. The molecule has 1 amide bonds. The number of hydrogen-bond donors (Lipinski definition) is 1. The van der Waals surface area contributed by atoms with Crippen molar-refractivity contribution in [3.63, 3.8) is 0 Å². The second-order valence-corrected chi connectivity index (χ2v) is 6.96. The molecule has 0 aromatic carbocycles. The van der Waals surface area contributed by atoms with E-state index >= 15 is 0 Å². The molecular formula is C11H10BrNO7S. The maximum atomic E-state index is 12.2. The van der Waals surface area contributed by atoms with Gasteiger partial charge in [-0.2, -0.15) is 0 Å². The van der Waals surface area contributed by atoms with E-state index in [2.05, 4.69) is 20.7 Å². The summed E-state index contributed by atoms with van der Waals surface area (Å²) in [6.45, 7) is 0.627. The molecule has 0 aliphatic carbocycles. The number of esters is 1. The Bertz CT molecular complexity index is 706. The number of carbonyl (C=O) groups excluding carboxylic acids is 2. The first-order chi connectivity index (χ1) is 9.70. The zero-order valence-electron chi connectivity index (χ0n) is 10.7. The summed E-state index contributed by atoms with van der Waals surface area (Å²) in [5.74, 6) is -3.42. The van der Waals surface area contributed by atoms with Crippen molar-refractivity contribution in [2.24, 2.45) is 0 Å². The first-order valence-electron chi connectivity index (χ1n) is 5.64. The number of rotatable bonds is 3. The highest BCUT2D eigenvalue weighted by atomic mass is 79.9. The molecule has 0 spiro atoms. The van der Waals surface area contributed by atoms with E-state index in [0.29, 0.717) is 4.90 Å². The summed E-state index contributed by atoms with van der Waals surface area (Å²) in [4.78, 5) is 35.9. The summed E-state index contributed by atoms with van der Waals surface area (Å²) in [5.41, 5.74) is -0.601. The molecule has 2 aliphatic heterocycles. The zero-order chi connectivity index (χ0) is 15.9. The molecule has 1 fully saturated rings. The molecule has 2 rings (SSSR count). The van der Waals surface area contributed by atoms with Gasteiger partial charge in [-0.15, -0.1) is 0 Å². The van der Waals surface area contributed by atoms with Crippen LogP contribution in [0.25, 0.3) is 0 Å². The SMILES string of the molecule is CC(=O)OCC1=C(C(=O)O)N2C(=O)/C(=C\Br)[C@H]2S(=O)(=O)C1. The third-order valence-electron chi connectivity index (χ3n) is 3.03. The Labute approximate surface area is 128 Å². The summed E-state index contributed by atoms with van der Waals surface area (Å²) in [5, 5.41) is 7.92. The van der Waals surface area contributed by atoms with Gasteiger partial charge in [0.1, 0.15) is 12.3 Å². The van der Waals surface area contributed by atoms with Crippen LogP contribution in [0.5, 0.6) is 0 Å². The van der Waals surface area contributed by atoms with E-state index in [0.717, 1.165) is 6.92 Å². The Balaban J connectivity index is 2.52. The predicted molar refractivity (Wildman–Crippen MR) is 72.7 cm³/mol. The molecule has 1 N–H and O–H groups in total. The fourth-order valence-electron chi connectivity index (χ4n) is 2.21. The number of hydrogen-bond acceptors (Lipinski definition) is 6. The third kappa shape index (κ3) is 2.48. The largest absolute Gasteiger partial charge is 0.477 e. The lowest BCUT2D eigenvalue weighted by atomic mass is 10.0. The van der Waals surface area contributed by atoms with E-state index in [1.54, 1.807) is 0 Å². The Hall–Kier alpha value is -1.68. The van der Waals surface area contributed by atoms with Crippen LogP contribution >= 0.6 is 15.9 Å². The highest BCUT2D eigenvalue weighted by Crippen LogP contribution is 2.40. The van der Waals surface area contributed by atoms with Gasteiger partial charge in [-0.25, -0.2) is 13.2 Å². The topological polar surface area (TPSA) is 118 Å². The Kier molecular flexibility index (Phi) is 3.93. The summed E-state index contributed by atoms with van der Waals surface area (Å²) in [6.07, 6.45) is 0. The van der Waals surface area contributed by atoms with Crippen LogP contribution < -0.4 is 0 Å². The molecule has 0 saturated carbocycles. The van der Waals surface area contributed by atoms with Gasteiger partial charge in [0, 0.05) is 12.5 Å². The van der Waals surface area contributed by atoms with Gasteiger partial charge in [-0.3, -0.25) is 14.5 Å². The Morgan fingerprint density at radius 1 is 1.52 bits per heavy atom. The van der Waals surface area contributed by atoms with Crippen molar-refractivity contribution in [2.45, 2.75) is 12.3 Å². The zero-order valence-corrected chi connectivity index (χ0v) is 13.1. The van der Waals surface area contributed by atoms with Crippen LogP contribution in [0.15, 0.2) is 21.8 Å². The molecule has 10 heteroatoms. The van der Waals surface area contributed by atoms with Gasteiger partial charge in [-0.1, -0.05) is 15.9 Å². The minimum atomic E-state index is -3.79. The molecule has 21 heavy (non-hydrogen) atoms. The monoisotopic (exact) mass is 379 g/mol. The summed E-state index contributed by atoms with van der Waals surface area (Å²) < 4.78 is 29.0. The Morgan fingerprint density at radius 3 is 2.62 bits per heavy atom. The first kappa shape index (κ1) is 15.7. The second-order valence-electron chi connectivity index (χ2n) is 4.44. The minimum Gasteiger partial charge on any atom is -0.477 e. The molecule has 0 aromatic rings. The highest BCUT2D eigenvalue weighted by molar-refractivity contribution is 9.11. The third-order valence-corrected chi connectivity index (χ3v) is 5.42. The number of fused-ring (bicyclic) bond motifs is 1. The van der Waals surface area contributed by atoms with Gasteiger partial charge in [0.15, 0.2) is 15.2 Å². The molecule has 0 unspecified atom stereocenters. The fourth-order valence-corrected chi connectivity index (χ4v) is 4.77. The number of β-lactam (4-membered cyclic amide) rings is 1. The lowest BCUT2D eigenvalue weighted by molar-refractivity contribution is -0.143. The fraction of sp³-hybridized carbons (Fsp3) is 0.364. The van der Waals surface area contributed by atoms with Crippen molar-refractivity contribution in [3.8, 4) is 0 Å². The van der Waals surface area contributed by atoms with Crippen LogP contribution in [-0.4, -0.2) is 54.0 Å². The average molecular weight is 380 g/mol. The maximum absolute atomic E-state index is 12.2. The van der Waals surface area contributed by atoms with E-state index in [1.165, 1.54) is 4.99 Å². The van der Waals surface area contributed by atoms with Crippen LogP contribution in [0.1, 0.15) is 6.92 Å². The standard InChI is InChI=1S/C11H10BrNO7S/c1-5(14)20-3-6-4-21(18,19)10-7(2-12)9(15)13(10)8(6)11(16)17/h2,10H,3-4H2,1H3,(H,16,17)/b7-2+/t10-/m1/s1. The van der Waals surface area contributed by atoms with E-state index in [9.17, 15) is 27.9 Å². The van der Waals surface area contributed by atoms with Gasteiger partial charge in [0.25, 0.3) is 5.91 Å². The molecule has 8 nitrogen and oxygen atoms in total. The van der Waals surface area contributed by atoms with Crippen molar-refractivity contribution in [1.82, 2.24) is 4.90 Å². The number of carbonyl (C=O) groups is 3. The molecule has 0 bridgehead atoms. The minimum absolute atomic E-state index is 0.0275. The summed E-state index contributed by atoms with van der Waals surface area (Å²) >= 11 is 2.90. The van der Waals surface area contributed by atoms with Gasteiger partial charge in [-0.05, 0) is 4.99 Å². The Morgan fingerprint density at radius 2 is 2.14 bits per heavy atom. The smallest absolute Gasteiger partial charge is 0.352 e. The number of sulfone groups is 1. The summed E-state index contributed by atoms with van der Waals surface area (Å²) in [6, 6.07) is 0. The number of carboxylic acids is 1. The molecule has 114 valence electrons. The molecule has 2 aliphatic rings. The van der Waals surface area contributed by atoms with Crippen LogP contribution in [0, 0.1) is 0 Å². The van der Waals surface area contributed by atoms with Gasteiger partial charge >= 0.3 is 11.9 Å². The van der Waals surface area contributed by atoms with Crippen LogP contribution in [0.4, 0.5) is 0 Å². The number of ether oxygens (including phenoxy) is 1. The van der Waals surface area contributed by atoms with E-state index in [-0.39, 0.29) is 11.1 Å². The van der Waals surface area contributed by atoms with Gasteiger partial charge < -0.3 is 9.84 Å². The molecule has 0 aromatic heterocycles.